The van der Waals surface area contributed by atoms with Crippen molar-refractivity contribution in [2.45, 2.75) is 35.8 Å². The Labute approximate surface area is 240 Å². The van der Waals surface area contributed by atoms with Crippen molar-refractivity contribution < 1.29 is 4.74 Å². The van der Waals surface area contributed by atoms with E-state index in [-0.39, 0.29) is 21.8 Å². The molecule has 8 rings (SSSR count). The lowest BCUT2D eigenvalue weighted by atomic mass is 9.99. The van der Waals surface area contributed by atoms with Gasteiger partial charge >= 0.3 is 0 Å². The van der Waals surface area contributed by atoms with E-state index in [0.29, 0.717) is 0 Å². The Morgan fingerprint density at radius 3 is 1.68 bits per heavy atom. The van der Waals surface area contributed by atoms with Crippen molar-refractivity contribution >= 4 is 21.8 Å². The first-order valence-electron chi connectivity index (χ1n) is 13.5. The van der Waals surface area contributed by atoms with Crippen LogP contribution >= 0.6 is 0 Å². The van der Waals surface area contributed by atoms with Crippen LogP contribution in [0.2, 0.25) is 0 Å². The summed E-state index contributed by atoms with van der Waals surface area (Å²) in [7, 11) is -0.367. The molecule has 0 fully saturated rings. The molecule has 40 heavy (non-hydrogen) atoms. The average Bonchev–Trinajstić information content (AvgIpc) is 3.03. The fourth-order valence-corrected chi connectivity index (χ4v) is 10.4. The van der Waals surface area contributed by atoms with Gasteiger partial charge in [-0.25, -0.2) is 0 Å². The summed E-state index contributed by atoms with van der Waals surface area (Å²) < 4.78 is 6.43. The van der Waals surface area contributed by atoms with Gasteiger partial charge in [0.2, 0.25) is 9.79 Å². The summed E-state index contributed by atoms with van der Waals surface area (Å²) in [5, 5.41) is 0. The molecular formula is C37H26OS2+2. The number of rotatable bonds is 3. The molecular weight excluding hydrogens is 525 g/mol. The molecule has 2 aliphatic rings. The van der Waals surface area contributed by atoms with E-state index < -0.39 is 0 Å². The molecule has 0 aliphatic carbocycles. The van der Waals surface area contributed by atoms with Crippen molar-refractivity contribution in [1.29, 1.82) is 0 Å². The minimum absolute atomic E-state index is 0.133. The molecule has 6 aromatic rings. The van der Waals surface area contributed by atoms with Crippen LogP contribution in [0.3, 0.4) is 0 Å². The molecule has 2 atom stereocenters. The first-order chi connectivity index (χ1) is 19.8. The minimum Gasteiger partial charge on any atom is -0.447 e. The average molecular weight is 551 g/mol. The van der Waals surface area contributed by atoms with Crippen LogP contribution in [0.5, 0.6) is 11.5 Å². The largest absolute Gasteiger partial charge is 0.447 e. The Bertz CT molecular complexity index is 1720. The first-order valence-corrected chi connectivity index (χ1v) is 16.0. The summed E-state index contributed by atoms with van der Waals surface area (Å²) in [6.45, 7) is 0. The van der Waals surface area contributed by atoms with E-state index in [4.69, 9.17) is 4.74 Å². The van der Waals surface area contributed by atoms with E-state index in [2.05, 4.69) is 146 Å². The maximum atomic E-state index is 6.43. The van der Waals surface area contributed by atoms with E-state index in [0.717, 1.165) is 17.9 Å². The van der Waals surface area contributed by atoms with Crippen LogP contribution in [0.15, 0.2) is 175 Å². The third-order valence-corrected chi connectivity index (χ3v) is 12.3. The zero-order valence-corrected chi connectivity index (χ0v) is 23.4. The predicted molar refractivity (Wildman–Crippen MR) is 165 cm³/mol. The standard InChI is InChI=1S/C37H26OS2/c1-3-12-30(13-4-1)39-34-17-9-7-11-28(34)23-29-20-19-26(24-36(29)39)27-21-22-33-37(25-27)40(31-14-5-2-6-15-31)35-18-10-8-16-32(35)38-33/h1-22,24-25H,23H2/q+2. The SMILES string of the molecule is c1ccc([S+]2c3ccccc3Cc3ccc(-c4ccc5c(c4)[S+](c4ccccc4)c4ccccc4O5)cc32)cc1. The fourth-order valence-electron chi connectivity index (χ4n) is 5.74. The lowest BCUT2D eigenvalue weighted by Gasteiger charge is -2.22. The number of para-hydroxylation sites is 1. The summed E-state index contributed by atoms with van der Waals surface area (Å²) in [4.78, 5) is 8.04. The Morgan fingerprint density at radius 2 is 0.925 bits per heavy atom. The second-order valence-corrected chi connectivity index (χ2v) is 14.0. The molecule has 0 bridgehead atoms. The second kappa shape index (κ2) is 9.78. The Hall–Kier alpha value is -4.18. The fraction of sp³-hybridized carbons (Fsp3) is 0.0270. The van der Waals surface area contributed by atoms with E-state index in [9.17, 15) is 0 Å². The highest BCUT2D eigenvalue weighted by Crippen LogP contribution is 2.48. The lowest BCUT2D eigenvalue weighted by molar-refractivity contribution is 0.453. The van der Waals surface area contributed by atoms with Crippen molar-refractivity contribution in [3.05, 3.63) is 157 Å². The number of benzene rings is 6. The van der Waals surface area contributed by atoms with Crippen molar-refractivity contribution in [2.75, 3.05) is 0 Å². The summed E-state index contributed by atoms with van der Waals surface area (Å²) >= 11 is 0. The van der Waals surface area contributed by atoms with Crippen molar-refractivity contribution in [1.82, 2.24) is 0 Å². The molecule has 190 valence electrons. The normalized spacial score (nSPS) is 16.6. The quantitative estimate of drug-likeness (QED) is 0.199. The van der Waals surface area contributed by atoms with Gasteiger partial charge in [-0.2, -0.15) is 0 Å². The van der Waals surface area contributed by atoms with E-state index in [1.165, 1.54) is 51.6 Å². The van der Waals surface area contributed by atoms with E-state index >= 15 is 0 Å². The van der Waals surface area contributed by atoms with Crippen LogP contribution < -0.4 is 4.74 Å². The van der Waals surface area contributed by atoms with Crippen LogP contribution in [0.25, 0.3) is 11.1 Å². The molecule has 0 amide bonds. The van der Waals surface area contributed by atoms with Gasteiger partial charge in [0.25, 0.3) is 0 Å². The molecule has 2 aliphatic heterocycles. The van der Waals surface area contributed by atoms with E-state index in [1.54, 1.807) is 0 Å². The van der Waals surface area contributed by atoms with Gasteiger partial charge in [-0.1, -0.05) is 84.9 Å². The van der Waals surface area contributed by atoms with Gasteiger partial charge in [0.05, 0.1) is 10.9 Å². The van der Waals surface area contributed by atoms with E-state index in [1.807, 2.05) is 0 Å². The highest BCUT2D eigenvalue weighted by molar-refractivity contribution is 7.97. The monoisotopic (exact) mass is 550 g/mol. The summed E-state index contributed by atoms with van der Waals surface area (Å²) in [6.07, 6.45) is 0.981. The third kappa shape index (κ3) is 3.97. The molecule has 6 aromatic carbocycles. The van der Waals surface area contributed by atoms with Gasteiger partial charge in [-0.3, -0.25) is 0 Å². The van der Waals surface area contributed by atoms with Crippen LogP contribution in [-0.4, -0.2) is 0 Å². The lowest BCUT2D eigenvalue weighted by Crippen LogP contribution is -2.16. The van der Waals surface area contributed by atoms with Gasteiger partial charge < -0.3 is 4.74 Å². The number of fused-ring (bicyclic) bond motifs is 4. The molecule has 2 heterocycles. The molecule has 1 nitrogen and oxygen atoms in total. The van der Waals surface area contributed by atoms with Crippen LogP contribution in [0.1, 0.15) is 11.1 Å². The Morgan fingerprint density at radius 1 is 0.400 bits per heavy atom. The molecule has 0 radical (unpaired) electrons. The molecule has 0 spiro atoms. The summed E-state index contributed by atoms with van der Waals surface area (Å²) in [5.41, 5.74) is 5.35. The predicted octanol–water partition coefficient (Wildman–Crippen LogP) is 9.55. The van der Waals surface area contributed by atoms with Gasteiger partial charge in [-0.05, 0) is 59.7 Å². The summed E-state index contributed by atoms with van der Waals surface area (Å²) in [6, 6.07) is 53.1. The maximum absolute atomic E-state index is 6.43. The van der Waals surface area contributed by atoms with Crippen LogP contribution in [-0.2, 0) is 28.2 Å². The van der Waals surface area contributed by atoms with Crippen LogP contribution in [0, 0.1) is 0 Å². The molecule has 0 saturated heterocycles. The molecule has 0 saturated carbocycles. The highest BCUT2D eigenvalue weighted by atomic mass is 32.2. The third-order valence-electron chi connectivity index (χ3n) is 7.60. The van der Waals surface area contributed by atoms with Gasteiger partial charge in [0.15, 0.2) is 31.1 Å². The Balaban J connectivity index is 1.27. The van der Waals surface area contributed by atoms with Gasteiger partial charge in [0, 0.05) is 29.7 Å². The van der Waals surface area contributed by atoms with Crippen molar-refractivity contribution in [3.8, 4) is 22.6 Å². The number of ether oxygens (including phenoxy) is 1. The Kier molecular flexibility index (Phi) is 5.79. The minimum atomic E-state index is -0.234. The zero-order valence-electron chi connectivity index (χ0n) is 21.8. The summed E-state index contributed by atoms with van der Waals surface area (Å²) in [5.74, 6) is 1.90. The number of hydrogen-bond acceptors (Lipinski definition) is 1. The smallest absolute Gasteiger partial charge is 0.209 e. The zero-order chi connectivity index (χ0) is 26.5. The second-order valence-electron chi connectivity index (χ2n) is 10.1. The van der Waals surface area contributed by atoms with Crippen molar-refractivity contribution in [2.24, 2.45) is 0 Å². The van der Waals surface area contributed by atoms with Gasteiger partial charge in [0.1, 0.15) is 10.9 Å². The highest BCUT2D eigenvalue weighted by Gasteiger charge is 2.40. The molecule has 0 aromatic heterocycles. The van der Waals surface area contributed by atoms with Crippen molar-refractivity contribution in [3.63, 3.8) is 0 Å². The van der Waals surface area contributed by atoms with Gasteiger partial charge in [-0.15, -0.1) is 0 Å². The molecule has 3 heteroatoms. The first kappa shape index (κ1) is 23.7. The topological polar surface area (TPSA) is 9.23 Å². The van der Waals surface area contributed by atoms with Crippen LogP contribution in [0.4, 0.5) is 0 Å². The number of hydrogen-bond donors (Lipinski definition) is 0. The molecule has 2 unspecified atom stereocenters. The molecule has 0 N–H and O–H groups in total. The maximum Gasteiger partial charge on any atom is 0.209 e.